The molecule has 0 bridgehead atoms. The van der Waals surface area contributed by atoms with Gasteiger partial charge in [-0.25, -0.2) is 13.1 Å². The molecule has 6 heteroatoms. The molecule has 4 nitrogen and oxygen atoms in total. The highest BCUT2D eigenvalue weighted by Crippen LogP contribution is 2.22. The van der Waals surface area contributed by atoms with Crippen molar-refractivity contribution in [1.29, 1.82) is 0 Å². The molecular formula is C13H21ClN2O2S. The van der Waals surface area contributed by atoms with Gasteiger partial charge in [-0.2, -0.15) is 0 Å². The zero-order valence-electron chi connectivity index (χ0n) is 11.5. The summed E-state index contributed by atoms with van der Waals surface area (Å²) in [7, 11) is -3.53. The van der Waals surface area contributed by atoms with E-state index in [4.69, 9.17) is 17.3 Å². The second kappa shape index (κ2) is 6.22. The molecule has 1 aromatic carbocycles. The van der Waals surface area contributed by atoms with E-state index in [0.29, 0.717) is 11.6 Å². The summed E-state index contributed by atoms with van der Waals surface area (Å²) in [5, 5.41) is 0.375. The highest BCUT2D eigenvalue weighted by molar-refractivity contribution is 7.89. The first kappa shape index (κ1) is 16.4. The molecule has 0 saturated heterocycles. The minimum atomic E-state index is -3.53. The molecule has 0 unspecified atom stereocenters. The summed E-state index contributed by atoms with van der Waals surface area (Å²) < 4.78 is 26.9. The first-order valence-electron chi connectivity index (χ1n) is 6.20. The molecule has 0 aliphatic heterocycles. The van der Waals surface area contributed by atoms with E-state index >= 15 is 0 Å². The lowest BCUT2D eigenvalue weighted by Gasteiger charge is -2.22. The highest BCUT2D eigenvalue weighted by Gasteiger charge is 2.21. The Balaban J connectivity index is 2.92. The molecule has 0 heterocycles. The van der Waals surface area contributed by atoms with Crippen LogP contribution in [0.15, 0.2) is 23.1 Å². The van der Waals surface area contributed by atoms with Crippen LogP contribution in [0.25, 0.3) is 0 Å². The zero-order valence-corrected chi connectivity index (χ0v) is 13.1. The molecule has 0 aliphatic carbocycles. The van der Waals surface area contributed by atoms with Crippen LogP contribution in [0.1, 0.15) is 32.8 Å². The maximum absolute atomic E-state index is 12.1. The van der Waals surface area contributed by atoms with Crippen molar-refractivity contribution in [2.24, 2.45) is 11.1 Å². The lowest BCUT2D eigenvalue weighted by molar-refractivity contribution is 0.350. The SMILES string of the molecule is CCC(C)(C)CNS(=O)(=O)c1ccc(CN)c(Cl)c1. The Morgan fingerprint density at radius 2 is 2.00 bits per heavy atom. The van der Waals surface area contributed by atoms with Gasteiger partial charge >= 0.3 is 0 Å². The number of rotatable bonds is 6. The van der Waals surface area contributed by atoms with Gasteiger partial charge < -0.3 is 5.73 Å². The molecule has 0 aliphatic rings. The molecule has 108 valence electrons. The van der Waals surface area contributed by atoms with Gasteiger partial charge in [-0.15, -0.1) is 0 Å². The first-order chi connectivity index (χ1) is 8.72. The normalized spacial score (nSPS) is 12.7. The molecule has 0 spiro atoms. The van der Waals surface area contributed by atoms with Gasteiger partial charge in [-0.05, 0) is 29.5 Å². The number of nitrogens with one attached hydrogen (secondary N) is 1. The predicted octanol–water partition coefficient (Wildman–Crippen LogP) is 2.51. The summed E-state index contributed by atoms with van der Waals surface area (Å²) in [6.45, 7) is 6.73. The van der Waals surface area contributed by atoms with E-state index in [1.54, 1.807) is 6.07 Å². The molecular weight excluding hydrogens is 284 g/mol. The lowest BCUT2D eigenvalue weighted by Crippen LogP contribution is -2.33. The monoisotopic (exact) mass is 304 g/mol. The molecule has 19 heavy (non-hydrogen) atoms. The zero-order chi connectivity index (χ0) is 14.7. The molecule has 0 fully saturated rings. The second-order valence-corrected chi connectivity index (χ2v) is 7.47. The summed E-state index contributed by atoms with van der Waals surface area (Å²) >= 11 is 5.98. The van der Waals surface area contributed by atoms with Gasteiger partial charge in [0.15, 0.2) is 0 Å². The third-order valence-electron chi connectivity index (χ3n) is 3.25. The van der Waals surface area contributed by atoms with Crippen molar-refractivity contribution in [3.63, 3.8) is 0 Å². The Labute approximate surface area is 120 Å². The van der Waals surface area contributed by atoms with E-state index in [-0.39, 0.29) is 16.9 Å². The molecule has 1 rings (SSSR count). The molecule has 0 atom stereocenters. The van der Waals surface area contributed by atoms with Crippen LogP contribution in [-0.4, -0.2) is 15.0 Å². The van der Waals surface area contributed by atoms with Crippen LogP contribution in [0.3, 0.4) is 0 Å². The minimum Gasteiger partial charge on any atom is -0.326 e. The topological polar surface area (TPSA) is 72.2 Å². The first-order valence-corrected chi connectivity index (χ1v) is 8.06. The third kappa shape index (κ3) is 4.45. The second-order valence-electron chi connectivity index (χ2n) is 5.30. The van der Waals surface area contributed by atoms with Gasteiger partial charge in [-0.1, -0.05) is 38.4 Å². The van der Waals surface area contributed by atoms with E-state index < -0.39 is 10.0 Å². The number of sulfonamides is 1. The Bertz CT molecular complexity index is 542. The van der Waals surface area contributed by atoms with Gasteiger partial charge in [0.25, 0.3) is 0 Å². The third-order valence-corrected chi connectivity index (χ3v) is 5.00. The quantitative estimate of drug-likeness (QED) is 0.848. The molecule has 0 radical (unpaired) electrons. The fourth-order valence-corrected chi connectivity index (χ4v) is 2.95. The Morgan fingerprint density at radius 1 is 1.37 bits per heavy atom. The summed E-state index contributed by atoms with van der Waals surface area (Å²) in [5.74, 6) is 0. The summed E-state index contributed by atoms with van der Waals surface area (Å²) in [6, 6.07) is 4.60. The van der Waals surface area contributed by atoms with Gasteiger partial charge in [0.05, 0.1) is 4.90 Å². The lowest BCUT2D eigenvalue weighted by atomic mass is 9.91. The largest absolute Gasteiger partial charge is 0.326 e. The summed E-state index contributed by atoms with van der Waals surface area (Å²) in [6.07, 6.45) is 0.891. The molecule has 0 saturated carbocycles. The molecule has 3 N–H and O–H groups in total. The van der Waals surface area contributed by atoms with Crippen molar-refractivity contribution < 1.29 is 8.42 Å². The van der Waals surface area contributed by atoms with Crippen molar-refractivity contribution >= 4 is 21.6 Å². The molecule has 1 aromatic rings. The van der Waals surface area contributed by atoms with Gasteiger partial charge in [0.1, 0.15) is 0 Å². The Kier molecular flexibility index (Phi) is 5.38. The predicted molar refractivity (Wildman–Crippen MR) is 78.6 cm³/mol. The van der Waals surface area contributed by atoms with Crippen LogP contribution in [0.2, 0.25) is 5.02 Å². The number of nitrogens with two attached hydrogens (primary N) is 1. The summed E-state index contributed by atoms with van der Waals surface area (Å²) in [5.41, 5.74) is 6.15. The molecule has 0 aromatic heterocycles. The Morgan fingerprint density at radius 3 is 2.47 bits per heavy atom. The van der Waals surface area contributed by atoms with Crippen LogP contribution in [0.5, 0.6) is 0 Å². The van der Waals surface area contributed by atoms with Crippen LogP contribution in [0, 0.1) is 5.41 Å². The fourth-order valence-electron chi connectivity index (χ4n) is 1.36. The van der Waals surface area contributed by atoms with Crippen molar-refractivity contribution in [3.8, 4) is 0 Å². The van der Waals surface area contributed by atoms with Crippen molar-refractivity contribution in [2.75, 3.05) is 6.54 Å². The van der Waals surface area contributed by atoms with Crippen molar-refractivity contribution in [3.05, 3.63) is 28.8 Å². The average molecular weight is 305 g/mol. The number of hydrogen-bond donors (Lipinski definition) is 2. The van der Waals surface area contributed by atoms with Crippen LogP contribution >= 0.6 is 11.6 Å². The Hall–Kier alpha value is -0.620. The molecule has 0 amide bonds. The van der Waals surface area contributed by atoms with Crippen LogP contribution in [-0.2, 0) is 16.6 Å². The van der Waals surface area contributed by atoms with E-state index in [1.807, 2.05) is 20.8 Å². The van der Waals surface area contributed by atoms with E-state index in [1.165, 1.54) is 12.1 Å². The summed E-state index contributed by atoms with van der Waals surface area (Å²) in [4.78, 5) is 0.168. The number of benzene rings is 1. The smallest absolute Gasteiger partial charge is 0.240 e. The van der Waals surface area contributed by atoms with Gasteiger partial charge in [0, 0.05) is 18.1 Å². The standard InChI is InChI=1S/C13H21ClN2O2S/c1-4-13(2,3)9-16-19(17,18)11-6-5-10(8-15)12(14)7-11/h5-7,16H,4,8-9,15H2,1-3H3. The maximum Gasteiger partial charge on any atom is 0.240 e. The van der Waals surface area contributed by atoms with Crippen molar-refractivity contribution in [1.82, 2.24) is 4.72 Å². The van der Waals surface area contributed by atoms with E-state index in [0.717, 1.165) is 12.0 Å². The minimum absolute atomic E-state index is 0.0753. The van der Waals surface area contributed by atoms with Gasteiger partial charge in [0.2, 0.25) is 10.0 Å². The van der Waals surface area contributed by atoms with E-state index in [2.05, 4.69) is 4.72 Å². The number of hydrogen-bond acceptors (Lipinski definition) is 3. The average Bonchev–Trinajstić information content (AvgIpc) is 2.36. The van der Waals surface area contributed by atoms with Crippen LogP contribution in [0.4, 0.5) is 0 Å². The van der Waals surface area contributed by atoms with Crippen molar-refractivity contribution in [2.45, 2.75) is 38.6 Å². The maximum atomic E-state index is 12.1. The number of halogens is 1. The highest BCUT2D eigenvalue weighted by atomic mass is 35.5. The fraction of sp³-hybridized carbons (Fsp3) is 0.538. The van der Waals surface area contributed by atoms with Gasteiger partial charge in [-0.3, -0.25) is 0 Å². The van der Waals surface area contributed by atoms with E-state index in [9.17, 15) is 8.42 Å². The van der Waals surface area contributed by atoms with Crippen LogP contribution < -0.4 is 10.5 Å².